The lowest BCUT2D eigenvalue weighted by Gasteiger charge is -2.19. The van der Waals surface area contributed by atoms with Crippen molar-refractivity contribution in [1.29, 1.82) is 0 Å². The summed E-state index contributed by atoms with van der Waals surface area (Å²) in [5, 5.41) is 7.20. The summed E-state index contributed by atoms with van der Waals surface area (Å²) < 4.78 is 51.3. The summed E-state index contributed by atoms with van der Waals surface area (Å²) in [6.07, 6.45) is -2.35. The fraction of sp³-hybridized carbons (Fsp3) is 0.400. The third-order valence-corrected chi connectivity index (χ3v) is 5.29. The third-order valence-electron chi connectivity index (χ3n) is 5.29. The van der Waals surface area contributed by atoms with Crippen LogP contribution in [-0.4, -0.2) is 33.9 Å². The molecule has 10 heteroatoms. The van der Waals surface area contributed by atoms with E-state index in [1.807, 2.05) is 46.8 Å². The number of nitrogens with zero attached hydrogens (tertiary/aromatic N) is 3. The van der Waals surface area contributed by atoms with Crippen LogP contribution in [0.15, 0.2) is 42.7 Å². The number of methoxy groups -OCH3 is 1. The lowest BCUT2D eigenvalue weighted by molar-refractivity contribution is -0.137. The molecule has 1 amide bonds. The second-order valence-electron chi connectivity index (χ2n) is 8.68. The van der Waals surface area contributed by atoms with Gasteiger partial charge in [-0.3, -0.25) is 4.79 Å². The van der Waals surface area contributed by atoms with Crippen LogP contribution in [0.25, 0.3) is 5.82 Å². The first-order valence-corrected chi connectivity index (χ1v) is 11.2. The van der Waals surface area contributed by atoms with E-state index in [0.717, 1.165) is 17.8 Å². The number of pyridine rings is 1. The summed E-state index contributed by atoms with van der Waals surface area (Å²) in [6.45, 7) is 9.42. The average molecular weight is 491 g/mol. The molecule has 0 fully saturated rings. The van der Waals surface area contributed by atoms with E-state index in [4.69, 9.17) is 9.47 Å². The molecule has 1 atom stereocenters. The minimum absolute atomic E-state index is 0.0166. The molecule has 3 rings (SSSR count). The maximum Gasteiger partial charge on any atom is 0.417 e. The molecule has 0 aliphatic heterocycles. The number of ether oxygens (including phenoxy) is 2. The predicted octanol–water partition coefficient (Wildman–Crippen LogP) is 5.70. The number of carbonyl (C=O) groups is 1. The van der Waals surface area contributed by atoms with Crippen molar-refractivity contribution in [2.75, 3.05) is 7.11 Å². The van der Waals surface area contributed by atoms with Crippen molar-refractivity contribution in [1.82, 2.24) is 20.1 Å². The molecule has 0 radical (unpaired) electrons. The fourth-order valence-electron chi connectivity index (χ4n) is 3.61. The molecule has 7 nitrogen and oxygen atoms in total. The number of alkyl halides is 3. The molecular weight excluding hydrogens is 461 g/mol. The number of amides is 1. The van der Waals surface area contributed by atoms with Crippen molar-refractivity contribution in [2.24, 2.45) is 0 Å². The molecule has 0 bridgehead atoms. The van der Waals surface area contributed by atoms with Crippen LogP contribution in [-0.2, 0) is 6.18 Å². The van der Waals surface area contributed by atoms with Gasteiger partial charge < -0.3 is 14.8 Å². The number of rotatable bonds is 8. The minimum Gasteiger partial charge on any atom is -0.493 e. The maximum atomic E-state index is 13.2. The van der Waals surface area contributed by atoms with E-state index >= 15 is 0 Å². The van der Waals surface area contributed by atoms with Crippen LogP contribution in [0.2, 0.25) is 0 Å². The van der Waals surface area contributed by atoms with Crippen molar-refractivity contribution >= 4 is 5.91 Å². The van der Waals surface area contributed by atoms with Gasteiger partial charge in [-0.05, 0) is 56.5 Å². The first kappa shape index (κ1) is 26.1. The molecule has 1 aromatic carbocycles. The summed E-state index contributed by atoms with van der Waals surface area (Å²) in [7, 11) is 1.55. The summed E-state index contributed by atoms with van der Waals surface area (Å²) in [6, 6.07) is 7.27. The lowest BCUT2D eigenvalue weighted by atomic mass is 10.0. The van der Waals surface area contributed by atoms with Crippen LogP contribution < -0.4 is 14.8 Å². The van der Waals surface area contributed by atoms with Crippen LogP contribution in [0, 0.1) is 0 Å². The number of hydrogen-bond acceptors (Lipinski definition) is 5. The Morgan fingerprint density at radius 2 is 1.74 bits per heavy atom. The zero-order valence-corrected chi connectivity index (χ0v) is 20.5. The Hall–Kier alpha value is -3.56. The summed E-state index contributed by atoms with van der Waals surface area (Å²) in [4.78, 5) is 17.1. The average Bonchev–Trinajstić information content (AvgIpc) is 3.24. The highest BCUT2D eigenvalue weighted by Gasteiger charge is 2.31. The molecule has 0 spiro atoms. The monoisotopic (exact) mass is 490 g/mol. The Morgan fingerprint density at radius 3 is 2.29 bits per heavy atom. The van der Waals surface area contributed by atoms with E-state index in [9.17, 15) is 18.0 Å². The van der Waals surface area contributed by atoms with Crippen molar-refractivity contribution in [3.8, 4) is 17.3 Å². The molecule has 35 heavy (non-hydrogen) atoms. The van der Waals surface area contributed by atoms with Gasteiger partial charge in [0.15, 0.2) is 17.3 Å². The highest BCUT2D eigenvalue weighted by molar-refractivity contribution is 5.95. The fourth-order valence-corrected chi connectivity index (χ4v) is 3.61. The molecule has 2 heterocycles. The SMILES string of the molecule is COc1cc(C(C)NC(=O)c2cnn(-c3ccc(C(F)(F)F)cn3)c2C(C)C)ccc1OC(C)C. The smallest absolute Gasteiger partial charge is 0.417 e. The highest BCUT2D eigenvalue weighted by atomic mass is 19.4. The second-order valence-corrected chi connectivity index (χ2v) is 8.68. The van der Waals surface area contributed by atoms with Crippen molar-refractivity contribution in [3.63, 3.8) is 0 Å². The molecule has 0 aliphatic carbocycles. The molecule has 1 unspecified atom stereocenters. The maximum absolute atomic E-state index is 13.2. The molecule has 3 aromatic rings. The highest BCUT2D eigenvalue weighted by Crippen LogP contribution is 2.32. The zero-order chi connectivity index (χ0) is 25.9. The number of carbonyl (C=O) groups excluding carboxylic acids is 1. The second kappa shape index (κ2) is 10.4. The Kier molecular flexibility index (Phi) is 7.72. The number of hydrogen-bond donors (Lipinski definition) is 1. The topological polar surface area (TPSA) is 78.3 Å². The molecule has 0 saturated carbocycles. The van der Waals surface area contributed by atoms with Gasteiger partial charge in [0.25, 0.3) is 5.91 Å². The van der Waals surface area contributed by atoms with Crippen molar-refractivity contribution in [3.05, 3.63) is 65.1 Å². The standard InChI is InChI=1S/C25H29F3N4O3/c1-14(2)23-19(13-30-32(23)22-10-8-18(12-29-22)25(26,27)28)24(33)31-16(5)17-7-9-20(35-15(3)4)21(11-17)34-6/h7-16H,1-6H3,(H,31,33). The van der Waals surface area contributed by atoms with E-state index in [1.54, 1.807) is 13.2 Å². The lowest BCUT2D eigenvalue weighted by Crippen LogP contribution is -2.27. The molecule has 0 aliphatic rings. The first-order valence-electron chi connectivity index (χ1n) is 11.2. The Bertz CT molecular complexity index is 1170. The minimum atomic E-state index is -4.49. The first-order chi connectivity index (χ1) is 16.4. The normalized spacial score (nSPS) is 12.7. The van der Waals surface area contributed by atoms with Gasteiger partial charge in [0.2, 0.25) is 0 Å². The molecule has 0 saturated heterocycles. The van der Waals surface area contributed by atoms with Crippen LogP contribution in [0.3, 0.4) is 0 Å². The molecular formula is C25H29F3N4O3. The number of aromatic nitrogens is 3. The van der Waals surface area contributed by atoms with E-state index in [2.05, 4.69) is 15.4 Å². The molecule has 1 N–H and O–H groups in total. The largest absolute Gasteiger partial charge is 0.493 e. The van der Waals surface area contributed by atoms with Gasteiger partial charge in [0.1, 0.15) is 0 Å². The Morgan fingerprint density at radius 1 is 1.03 bits per heavy atom. The van der Waals surface area contributed by atoms with Crippen LogP contribution in [0.4, 0.5) is 13.2 Å². The van der Waals surface area contributed by atoms with Gasteiger partial charge in [-0.15, -0.1) is 0 Å². The van der Waals surface area contributed by atoms with Gasteiger partial charge >= 0.3 is 6.18 Å². The third kappa shape index (κ3) is 5.93. The molecule has 188 valence electrons. The number of halogens is 3. The Balaban J connectivity index is 1.85. The van der Waals surface area contributed by atoms with E-state index in [0.29, 0.717) is 22.8 Å². The van der Waals surface area contributed by atoms with Gasteiger partial charge in [-0.2, -0.15) is 18.3 Å². The van der Waals surface area contributed by atoms with Crippen molar-refractivity contribution in [2.45, 2.75) is 58.9 Å². The Labute approximate surface area is 202 Å². The van der Waals surface area contributed by atoms with E-state index < -0.39 is 11.7 Å². The van der Waals surface area contributed by atoms with E-state index in [1.165, 1.54) is 16.9 Å². The van der Waals surface area contributed by atoms with Crippen molar-refractivity contribution < 1.29 is 27.4 Å². The molecule has 2 aromatic heterocycles. The van der Waals surface area contributed by atoms with Gasteiger partial charge in [0, 0.05) is 6.20 Å². The van der Waals surface area contributed by atoms with Crippen LogP contribution >= 0.6 is 0 Å². The van der Waals surface area contributed by atoms with Crippen LogP contribution in [0.5, 0.6) is 11.5 Å². The van der Waals surface area contributed by atoms with E-state index in [-0.39, 0.29) is 29.8 Å². The van der Waals surface area contributed by atoms with Gasteiger partial charge in [-0.1, -0.05) is 19.9 Å². The van der Waals surface area contributed by atoms with Gasteiger partial charge in [0.05, 0.1) is 42.3 Å². The summed E-state index contributed by atoms with van der Waals surface area (Å²) in [5.74, 6) is 0.851. The number of benzene rings is 1. The summed E-state index contributed by atoms with van der Waals surface area (Å²) in [5.41, 5.74) is 0.821. The zero-order valence-electron chi connectivity index (χ0n) is 20.5. The number of nitrogens with one attached hydrogen (secondary N) is 1. The quantitative estimate of drug-likeness (QED) is 0.439. The van der Waals surface area contributed by atoms with Gasteiger partial charge in [-0.25, -0.2) is 9.67 Å². The van der Waals surface area contributed by atoms with Crippen LogP contribution in [0.1, 0.15) is 73.8 Å². The predicted molar refractivity (Wildman–Crippen MR) is 125 cm³/mol. The summed E-state index contributed by atoms with van der Waals surface area (Å²) >= 11 is 0.